The Morgan fingerprint density at radius 2 is 2.60 bits per heavy atom. The Morgan fingerprint density at radius 3 is 3.07 bits per heavy atom. The number of nitrogens with zero attached hydrogens (tertiary/aromatic N) is 1. The van der Waals surface area contributed by atoms with Crippen molar-refractivity contribution in [3.05, 3.63) is 16.6 Å². The van der Waals surface area contributed by atoms with Crippen LogP contribution in [0, 0.1) is 11.3 Å². The van der Waals surface area contributed by atoms with Crippen LogP contribution in [0.3, 0.4) is 0 Å². The van der Waals surface area contributed by atoms with Gasteiger partial charge in [0, 0.05) is 17.3 Å². The Hall–Kier alpha value is -0.450. The molecule has 1 aliphatic rings. The molecule has 84 valence electrons. The summed E-state index contributed by atoms with van der Waals surface area (Å²) in [5, 5.41) is 12.3. The van der Waals surface area contributed by atoms with E-state index in [4.69, 9.17) is 5.73 Å². The van der Waals surface area contributed by atoms with Gasteiger partial charge in [-0.2, -0.15) is 0 Å². The van der Waals surface area contributed by atoms with Crippen molar-refractivity contribution in [2.24, 2.45) is 17.1 Å². The second-order valence-electron chi connectivity index (χ2n) is 4.73. The van der Waals surface area contributed by atoms with Gasteiger partial charge in [0.2, 0.25) is 0 Å². The van der Waals surface area contributed by atoms with Gasteiger partial charge in [0.1, 0.15) is 6.10 Å². The van der Waals surface area contributed by atoms with Crippen LogP contribution in [0.5, 0.6) is 0 Å². The van der Waals surface area contributed by atoms with Gasteiger partial charge in [-0.25, -0.2) is 4.98 Å². The molecule has 2 rings (SSSR count). The van der Waals surface area contributed by atoms with Crippen LogP contribution in [0.1, 0.15) is 38.0 Å². The summed E-state index contributed by atoms with van der Waals surface area (Å²) < 4.78 is 0. The van der Waals surface area contributed by atoms with Crippen LogP contribution in [-0.2, 0) is 0 Å². The van der Waals surface area contributed by atoms with Crippen LogP contribution in [0.2, 0.25) is 0 Å². The predicted octanol–water partition coefficient (Wildman–Crippen LogP) is 1.94. The number of thiazole rings is 1. The summed E-state index contributed by atoms with van der Waals surface area (Å²) in [4.78, 5) is 4.19. The maximum absolute atomic E-state index is 10.3. The lowest BCUT2D eigenvalue weighted by atomic mass is 9.78. The molecule has 1 heterocycles. The monoisotopic (exact) mass is 226 g/mol. The van der Waals surface area contributed by atoms with Crippen LogP contribution in [0.15, 0.2) is 10.9 Å². The highest BCUT2D eigenvalue weighted by molar-refractivity contribution is 7.07. The first-order valence-electron chi connectivity index (χ1n) is 5.44. The SMILES string of the molecule is CC1CCC(CN)(C(O)c2cscn2)C1. The molecule has 3 atom stereocenters. The molecule has 1 aromatic rings. The molecule has 3 N–H and O–H groups in total. The summed E-state index contributed by atoms with van der Waals surface area (Å²) in [5.41, 5.74) is 8.28. The van der Waals surface area contributed by atoms with E-state index in [0.717, 1.165) is 18.5 Å². The number of nitrogens with two attached hydrogens (primary N) is 1. The van der Waals surface area contributed by atoms with E-state index >= 15 is 0 Å². The van der Waals surface area contributed by atoms with Crippen molar-refractivity contribution >= 4 is 11.3 Å². The normalized spacial score (nSPS) is 33.1. The first-order chi connectivity index (χ1) is 7.18. The molecule has 0 spiro atoms. The molecular weight excluding hydrogens is 208 g/mol. The molecule has 0 bridgehead atoms. The van der Waals surface area contributed by atoms with Gasteiger partial charge in [0.15, 0.2) is 0 Å². The lowest BCUT2D eigenvalue weighted by Gasteiger charge is -2.32. The average Bonchev–Trinajstić information content (AvgIpc) is 2.86. The van der Waals surface area contributed by atoms with Crippen LogP contribution in [-0.4, -0.2) is 16.6 Å². The Balaban J connectivity index is 2.20. The largest absolute Gasteiger partial charge is 0.386 e. The molecule has 1 saturated carbocycles. The van der Waals surface area contributed by atoms with Gasteiger partial charge in [0.05, 0.1) is 11.2 Å². The van der Waals surface area contributed by atoms with E-state index in [1.54, 1.807) is 5.51 Å². The number of aliphatic hydroxyl groups is 1. The molecule has 0 radical (unpaired) electrons. The van der Waals surface area contributed by atoms with Crippen LogP contribution >= 0.6 is 11.3 Å². The third-order valence-corrected chi connectivity index (χ3v) is 4.21. The Bertz CT molecular complexity index is 314. The lowest BCUT2D eigenvalue weighted by molar-refractivity contribution is 0.0279. The van der Waals surface area contributed by atoms with Crippen molar-refractivity contribution < 1.29 is 5.11 Å². The van der Waals surface area contributed by atoms with Gasteiger partial charge in [-0.1, -0.05) is 13.3 Å². The Labute approximate surface area is 94.3 Å². The molecule has 1 fully saturated rings. The molecule has 1 aliphatic carbocycles. The number of hydrogen-bond donors (Lipinski definition) is 2. The summed E-state index contributed by atoms with van der Waals surface area (Å²) in [6.45, 7) is 2.78. The highest BCUT2D eigenvalue weighted by Crippen LogP contribution is 2.48. The zero-order chi connectivity index (χ0) is 10.9. The summed E-state index contributed by atoms with van der Waals surface area (Å²) in [6.07, 6.45) is 2.71. The van der Waals surface area contributed by atoms with E-state index < -0.39 is 6.10 Å². The van der Waals surface area contributed by atoms with E-state index in [-0.39, 0.29) is 5.41 Å². The molecule has 0 saturated heterocycles. The minimum atomic E-state index is -0.487. The fourth-order valence-corrected chi connectivity index (χ4v) is 3.22. The topological polar surface area (TPSA) is 59.1 Å². The fourth-order valence-electron chi connectivity index (χ4n) is 2.65. The van der Waals surface area contributed by atoms with Crippen molar-refractivity contribution in [1.82, 2.24) is 4.98 Å². The van der Waals surface area contributed by atoms with Gasteiger partial charge >= 0.3 is 0 Å². The minimum absolute atomic E-state index is 0.131. The van der Waals surface area contributed by atoms with Crippen LogP contribution in [0.25, 0.3) is 0 Å². The van der Waals surface area contributed by atoms with Crippen molar-refractivity contribution in [2.75, 3.05) is 6.54 Å². The summed E-state index contributed by atoms with van der Waals surface area (Å²) in [7, 11) is 0. The summed E-state index contributed by atoms with van der Waals surface area (Å²) in [5.74, 6) is 0.668. The number of hydrogen-bond acceptors (Lipinski definition) is 4. The van der Waals surface area contributed by atoms with Crippen LogP contribution in [0.4, 0.5) is 0 Å². The first kappa shape index (κ1) is 11.0. The Kier molecular flexibility index (Phi) is 3.09. The zero-order valence-electron chi connectivity index (χ0n) is 9.02. The van der Waals surface area contributed by atoms with E-state index in [1.807, 2.05) is 5.38 Å². The average molecular weight is 226 g/mol. The smallest absolute Gasteiger partial charge is 0.104 e. The number of aromatic nitrogens is 1. The summed E-state index contributed by atoms with van der Waals surface area (Å²) >= 11 is 1.52. The predicted molar refractivity (Wildman–Crippen MR) is 61.6 cm³/mol. The molecule has 15 heavy (non-hydrogen) atoms. The van der Waals surface area contributed by atoms with Gasteiger partial charge < -0.3 is 10.8 Å². The molecule has 4 heteroatoms. The first-order valence-corrected chi connectivity index (χ1v) is 6.38. The maximum atomic E-state index is 10.3. The highest BCUT2D eigenvalue weighted by Gasteiger charge is 2.43. The zero-order valence-corrected chi connectivity index (χ0v) is 9.83. The van der Waals surface area contributed by atoms with Gasteiger partial charge in [-0.15, -0.1) is 11.3 Å². The molecule has 0 aromatic carbocycles. The van der Waals surface area contributed by atoms with Crippen LogP contribution < -0.4 is 5.73 Å². The third kappa shape index (κ3) is 1.94. The number of aliphatic hydroxyl groups excluding tert-OH is 1. The Morgan fingerprint density at radius 1 is 1.80 bits per heavy atom. The van der Waals surface area contributed by atoms with Crippen molar-refractivity contribution in [2.45, 2.75) is 32.3 Å². The molecule has 0 amide bonds. The molecule has 3 unspecified atom stereocenters. The lowest BCUT2D eigenvalue weighted by Crippen LogP contribution is -2.34. The summed E-state index contributed by atoms with van der Waals surface area (Å²) in [6, 6.07) is 0. The van der Waals surface area contributed by atoms with Crippen molar-refractivity contribution in [3.8, 4) is 0 Å². The van der Waals surface area contributed by atoms with Crippen molar-refractivity contribution in [3.63, 3.8) is 0 Å². The molecule has 3 nitrogen and oxygen atoms in total. The maximum Gasteiger partial charge on any atom is 0.104 e. The molecule has 0 aliphatic heterocycles. The highest BCUT2D eigenvalue weighted by atomic mass is 32.1. The van der Waals surface area contributed by atoms with E-state index in [9.17, 15) is 5.11 Å². The van der Waals surface area contributed by atoms with Gasteiger partial charge in [-0.3, -0.25) is 0 Å². The minimum Gasteiger partial charge on any atom is -0.386 e. The fraction of sp³-hybridized carbons (Fsp3) is 0.727. The van der Waals surface area contributed by atoms with E-state index in [0.29, 0.717) is 12.5 Å². The van der Waals surface area contributed by atoms with E-state index in [2.05, 4.69) is 11.9 Å². The van der Waals surface area contributed by atoms with E-state index in [1.165, 1.54) is 17.8 Å². The second-order valence-corrected chi connectivity index (χ2v) is 5.45. The molecular formula is C11H18N2OS. The van der Waals surface area contributed by atoms with Crippen molar-refractivity contribution in [1.29, 1.82) is 0 Å². The number of rotatable bonds is 3. The van der Waals surface area contributed by atoms with Gasteiger partial charge in [0.25, 0.3) is 0 Å². The standard InChI is InChI=1S/C11H18N2OS/c1-8-2-3-11(4-8,6-12)10(14)9-5-15-7-13-9/h5,7-8,10,14H,2-4,6,12H2,1H3. The second kappa shape index (κ2) is 4.20. The molecule has 1 aromatic heterocycles. The third-order valence-electron chi connectivity index (χ3n) is 3.61. The quantitative estimate of drug-likeness (QED) is 0.828. The van der Waals surface area contributed by atoms with Gasteiger partial charge in [-0.05, 0) is 18.8 Å².